The number of ether oxygens (including phenoxy) is 1. The first kappa shape index (κ1) is 15.7. The molecule has 0 radical (unpaired) electrons. The number of carbonyl (C=O) groups excluding carboxylic acids is 1. The van der Waals surface area contributed by atoms with Crippen molar-refractivity contribution in [2.75, 3.05) is 24.6 Å². The van der Waals surface area contributed by atoms with E-state index in [0.717, 1.165) is 30.6 Å². The summed E-state index contributed by atoms with van der Waals surface area (Å²) in [5, 5.41) is 18.6. The highest BCUT2D eigenvalue weighted by molar-refractivity contribution is 7.17. The summed E-state index contributed by atoms with van der Waals surface area (Å²) in [7, 11) is 0. The fourth-order valence-electron chi connectivity index (χ4n) is 2.11. The Bertz CT molecular complexity index is 494. The van der Waals surface area contributed by atoms with Crippen molar-refractivity contribution in [3.63, 3.8) is 0 Å². The SMILES string of the molecule is C=CCCCCN1CC(O)N(c2nnc(OCC)s2)C1=O. The van der Waals surface area contributed by atoms with Gasteiger partial charge in [0.2, 0.25) is 5.13 Å². The number of aliphatic hydroxyl groups excluding tert-OH is 1. The third kappa shape index (κ3) is 3.70. The Labute approximate surface area is 127 Å². The molecule has 1 atom stereocenters. The number of carbonyl (C=O) groups is 1. The second kappa shape index (κ2) is 7.37. The molecule has 2 rings (SSSR count). The first-order chi connectivity index (χ1) is 10.2. The van der Waals surface area contributed by atoms with E-state index >= 15 is 0 Å². The van der Waals surface area contributed by atoms with Crippen LogP contribution in [0.3, 0.4) is 0 Å². The molecule has 2 heterocycles. The number of hydrogen-bond acceptors (Lipinski definition) is 6. The molecule has 7 nitrogen and oxygen atoms in total. The van der Waals surface area contributed by atoms with Gasteiger partial charge in [-0.15, -0.1) is 11.7 Å². The number of urea groups is 1. The van der Waals surface area contributed by atoms with Crippen molar-refractivity contribution in [1.82, 2.24) is 15.1 Å². The number of unbranched alkanes of at least 4 members (excludes halogenated alkanes) is 2. The van der Waals surface area contributed by atoms with Gasteiger partial charge in [0, 0.05) is 6.54 Å². The van der Waals surface area contributed by atoms with E-state index in [1.807, 2.05) is 13.0 Å². The Morgan fingerprint density at radius 1 is 1.52 bits per heavy atom. The number of nitrogens with zero attached hydrogens (tertiary/aromatic N) is 4. The lowest BCUT2D eigenvalue weighted by atomic mass is 10.2. The van der Waals surface area contributed by atoms with Crippen LogP contribution < -0.4 is 9.64 Å². The topological polar surface area (TPSA) is 78.8 Å². The van der Waals surface area contributed by atoms with Gasteiger partial charge in [-0.1, -0.05) is 11.2 Å². The minimum absolute atomic E-state index is 0.236. The largest absolute Gasteiger partial charge is 0.469 e. The number of β-amino-alcohol motifs (C(OH)–C–C–N with tert-alkyl or cyclic N) is 1. The molecule has 21 heavy (non-hydrogen) atoms. The first-order valence-corrected chi connectivity index (χ1v) is 7.82. The highest BCUT2D eigenvalue weighted by atomic mass is 32.1. The van der Waals surface area contributed by atoms with E-state index in [1.165, 1.54) is 4.90 Å². The Morgan fingerprint density at radius 2 is 2.33 bits per heavy atom. The summed E-state index contributed by atoms with van der Waals surface area (Å²) in [4.78, 5) is 15.2. The molecule has 1 fully saturated rings. The van der Waals surface area contributed by atoms with Crippen molar-refractivity contribution in [1.29, 1.82) is 0 Å². The van der Waals surface area contributed by atoms with E-state index in [9.17, 15) is 9.90 Å². The van der Waals surface area contributed by atoms with Crippen molar-refractivity contribution in [2.45, 2.75) is 32.4 Å². The molecule has 1 aliphatic rings. The van der Waals surface area contributed by atoms with Crippen LogP contribution in [-0.4, -0.2) is 52.2 Å². The minimum Gasteiger partial charge on any atom is -0.469 e. The van der Waals surface area contributed by atoms with Crippen molar-refractivity contribution in [3.8, 4) is 5.19 Å². The Balaban J connectivity index is 1.96. The molecule has 1 aromatic rings. The van der Waals surface area contributed by atoms with E-state index in [4.69, 9.17) is 4.74 Å². The van der Waals surface area contributed by atoms with Gasteiger partial charge in [0.1, 0.15) is 0 Å². The third-order valence-corrected chi connectivity index (χ3v) is 3.95. The lowest BCUT2D eigenvalue weighted by Crippen LogP contribution is -2.35. The highest BCUT2D eigenvalue weighted by Crippen LogP contribution is 2.30. The number of anilines is 1. The van der Waals surface area contributed by atoms with Gasteiger partial charge in [-0.05, 0) is 37.5 Å². The lowest BCUT2D eigenvalue weighted by Gasteiger charge is -2.16. The molecule has 8 heteroatoms. The predicted octanol–water partition coefficient (Wildman–Crippen LogP) is 1.85. The maximum atomic E-state index is 12.3. The van der Waals surface area contributed by atoms with E-state index in [-0.39, 0.29) is 12.6 Å². The molecule has 1 unspecified atom stereocenters. The van der Waals surface area contributed by atoms with Crippen LogP contribution in [0.1, 0.15) is 26.2 Å². The van der Waals surface area contributed by atoms with Gasteiger partial charge in [-0.3, -0.25) is 0 Å². The van der Waals surface area contributed by atoms with E-state index in [0.29, 0.717) is 23.5 Å². The van der Waals surface area contributed by atoms with Crippen molar-refractivity contribution >= 4 is 22.5 Å². The summed E-state index contributed by atoms with van der Waals surface area (Å²) < 4.78 is 5.24. The minimum atomic E-state index is -0.890. The van der Waals surface area contributed by atoms with Crippen molar-refractivity contribution < 1.29 is 14.6 Å². The average Bonchev–Trinajstić information content (AvgIpc) is 3.01. The fraction of sp³-hybridized carbons (Fsp3) is 0.615. The quantitative estimate of drug-likeness (QED) is 0.585. The van der Waals surface area contributed by atoms with Crippen LogP contribution in [0.4, 0.5) is 9.93 Å². The molecule has 0 bridgehead atoms. The second-order valence-corrected chi connectivity index (χ2v) is 5.57. The maximum absolute atomic E-state index is 12.3. The van der Waals surface area contributed by atoms with Crippen LogP contribution >= 0.6 is 11.3 Å². The molecule has 0 aromatic carbocycles. The maximum Gasteiger partial charge on any atom is 0.328 e. The van der Waals surface area contributed by atoms with Gasteiger partial charge in [-0.2, -0.15) is 0 Å². The van der Waals surface area contributed by atoms with E-state index < -0.39 is 6.23 Å². The zero-order valence-corrected chi connectivity index (χ0v) is 12.9. The van der Waals surface area contributed by atoms with Crippen LogP contribution in [0, 0.1) is 0 Å². The molecule has 1 saturated heterocycles. The fourth-order valence-corrected chi connectivity index (χ4v) is 2.90. The van der Waals surface area contributed by atoms with Crippen LogP contribution in [0.2, 0.25) is 0 Å². The van der Waals surface area contributed by atoms with Gasteiger partial charge < -0.3 is 14.7 Å². The van der Waals surface area contributed by atoms with Gasteiger partial charge in [-0.25, -0.2) is 9.69 Å². The number of rotatable bonds is 8. The van der Waals surface area contributed by atoms with Crippen molar-refractivity contribution in [2.24, 2.45) is 0 Å². The summed E-state index contributed by atoms with van der Waals surface area (Å²) in [6.45, 7) is 6.92. The lowest BCUT2D eigenvalue weighted by molar-refractivity contribution is 0.176. The van der Waals surface area contributed by atoms with E-state index in [1.54, 1.807) is 4.90 Å². The molecule has 1 aromatic heterocycles. The summed E-state index contributed by atoms with van der Waals surface area (Å²) in [5.41, 5.74) is 0. The Morgan fingerprint density at radius 3 is 3.05 bits per heavy atom. The number of amides is 2. The van der Waals surface area contributed by atoms with Crippen LogP contribution in [0.25, 0.3) is 0 Å². The second-order valence-electron chi connectivity index (χ2n) is 4.65. The molecule has 0 spiro atoms. The predicted molar refractivity (Wildman–Crippen MR) is 80.6 cm³/mol. The first-order valence-electron chi connectivity index (χ1n) is 7.00. The third-order valence-electron chi connectivity index (χ3n) is 3.11. The Kier molecular flexibility index (Phi) is 5.51. The van der Waals surface area contributed by atoms with Gasteiger partial charge >= 0.3 is 6.03 Å². The summed E-state index contributed by atoms with van der Waals surface area (Å²) >= 11 is 1.16. The summed E-state index contributed by atoms with van der Waals surface area (Å²) in [6, 6.07) is -0.236. The standard InChI is InChI=1S/C13H20N4O3S/c1-3-5-6-7-8-16-9-10(18)17(13(16)19)11-14-15-12(21-11)20-4-2/h3,10,18H,1,4-9H2,2H3. The average molecular weight is 312 g/mol. The molecular formula is C13H20N4O3S. The summed E-state index contributed by atoms with van der Waals surface area (Å²) in [5.74, 6) is 0. The van der Waals surface area contributed by atoms with Gasteiger partial charge in [0.15, 0.2) is 6.23 Å². The molecule has 0 aliphatic carbocycles. The molecule has 0 saturated carbocycles. The number of hydrogen-bond donors (Lipinski definition) is 1. The Hall–Kier alpha value is -1.67. The smallest absolute Gasteiger partial charge is 0.328 e. The zero-order chi connectivity index (χ0) is 15.2. The number of aliphatic hydroxyl groups is 1. The van der Waals surface area contributed by atoms with E-state index in [2.05, 4.69) is 16.8 Å². The normalized spacial score (nSPS) is 18.4. The monoisotopic (exact) mass is 312 g/mol. The molecule has 1 aliphatic heterocycles. The van der Waals surface area contributed by atoms with Gasteiger partial charge in [0.25, 0.3) is 5.19 Å². The van der Waals surface area contributed by atoms with Crippen LogP contribution in [-0.2, 0) is 0 Å². The number of aromatic nitrogens is 2. The van der Waals surface area contributed by atoms with Crippen LogP contribution in [0.5, 0.6) is 5.19 Å². The summed E-state index contributed by atoms with van der Waals surface area (Å²) in [6.07, 6.45) is 3.78. The number of allylic oxidation sites excluding steroid dienone is 1. The molecule has 1 N–H and O–H groups in total. The van der Waals surface area contributed by atoms with Crippen molar-refractivity contribution in [3.05, 3.63) is 12.7 Å². The van der Waals surface area contributed by atoms with Crippen LogP contribution in [0.15, 0.2) is 12.7 Å². The van der Waals surface area contributed by atoms with Gasteiger partial charge in [0.05, 0.1) is 13.2 Å². The molecular weight excluding hydrogens is 292 g/mol. The molecule has 2 amide bonds. The highest BCUT2D eigenvalue weighted by Gasteiger charge is 2.38. The zero-order valence-electron chi connectivity index (χ0n) is 12.1. The molecule has 116 valence electrons.